The number of carboxylic acid groups (broad SMARTS) is 2. The maximum Gasteiger partial charge on any atom is 0.346 e. The quantitative estimate of drug-likeness (QED) is 0.128. The summed E-state index contributed by atoms with van der Waals surface area (Å²) in [6, 6.07) is 1.18. The summed E-state index contributed by atoms with van der Waals surface area (Å²) < 4.78 is 6.54. The van der Waals surface area contributed by atoms with Crippen molar-refractivity contribution < 1.29 is 34.1 Å². The summed E-state index contributed by atoms with van der Waals surface area (Å²) in [5, 5.41) is 24.0. The predicted octanol–water partition coefficient (Wildman–Crippen LogP) is -1.35. The number of nitrogens with one attached hydrogen (secondary N) is 1. The smallest absolute Gasteiger partial charge is 0.346 e. The van der Waals surface area contributed by atoms with Gasteiger partial charge in [-0.15, -0.1) is 12.4 Å². The number of nitrogens with zero attached hydrogens (tertiary/aromatic N) is 6. The largest absolute Gasteiger partial charge is 0.481 e. The van der Waals surface area contributed by atoms with E-state index in [9.17, 15) is 19.2 Å². The molecular formula is C18H18ClN9O7. The fraction of sp³-hybridized carbons (Fsp3) is 0.167. The van der Waals surface area contributed by atoms with Crippen LogP contribution >= 0.6 is 12.4 Å². The first-order chi connectivity index (χ1) is 16.1. The zero-order valence-corrected chi connectivity index (χ0v) is 18.4. The van der Waals surface area contributed by atoms with Gasteiger partial charge in [-0.1, -0.05) is 0 Å². The molecule has 7 N–H and O–H groups in total. The van der Waals surface area contributed by atoms with E-state index in [-0.39, 0.29) is 53.4 Å². The van der Waals surface area contributed by atoms with E-state index >= 15 is 0 Å². The topological polar surface area (TPSA) is 250 Å². The normalized spacial score (nSPS) is 11.1. The van der Waals surface area contributed by atoms with E-state index < -0.39 is 36.3 Å². The number of nitrogens with two attached hydrogens (primary N) is 2. The lowest BCUT2D eigenvalue weighted by atomic mass is 10.2. The number of aliphatic carboxylic acids is 2. The van der Waals surface area contributed by atoms with Gasteiger partial charge in [-0.3, -0.25) is 9.59 Å². The molecule has 16 nitrogen and oxygen atoms in total. The molecule has 0 aromatic carbocycles. The highest BCUT2D eigenvalue weighted by atomic mass is 35.5. The average Bonchev–Trinajstić information content (AvgIpc) is 3.25. The molecule has 0 aliphatic heterocycles. The number of hydrogen-bond acceptors (Lipinski definition) is 10. The van der Waals surface area contributed by atoms with Gasteiger partial charge in [0.1, 0.15) is 12.4 Å². The van der Waals surface area contributed by atoms with E-state index in [1.807, 2.05) is 0 Å². The number of carbonyl (C=O) groups excluding carboxylic acids is 2. The van der Waals surface area contributed by atoms with Crippen molar-refractivity contribution in [2.24, 2.45) is 16.5 Å². The van der Waals surface area contributed by atoms with Gasteiger partial charge >= 0.3 is 17.9 Å². The molecule has 184 valence electrons. The third-order valence-corrected chi connectivity index (χ3v) is 4.13. The Morgan fingerprint density at radius 1 is 1.11 bits per heavy atom. The van der Waals surface area contributed by atoms with Crippen LogP contribution in [0.25, 0.3) is 5.65 Å². The molecule has 35 heavy (non-hydrogen) atoms. The molecule has 0 aliphatic carbocycles. The Hall–Kier alpha value is -4.86. The number of pyridine rings is 1. The number of ether oxygens (including phenoxy) is 1. The Labute approximate surface area is 201 Å². The molecule has 1 unspecified atom stereocenters. The lowest BCUT2D eigenvalue weighted by Gasteiger charge is -2.13. The molecule has 0 fully saturated rings. The number of esters is 1. The van der Waals surface area contributed by atoms with E-state index in [0.717, 1.165) is 18.7 Å². The van der Waals surface area contributed by atoms with Crippen LogP contribution < -0.4 is 21.5 Å². The molecule has 17 heteroatoms. The summed E-state index contributed by atoms with van der Waals surface area (Å²) in [5.74, 6) is -4.73. The predicted molar refractivity (Wildman–Crippen MR) is 118 cm³/mol. The fourth-order valence-electron chi connectivity index (χ4n) is 2.69. The lowest BCUT2D eigenvalue weighted by molar-refractivity contribution is -0.147. The minimum Gasteiger partial charge on any atom is -0.481 e. The molecule has 0 spiro atoms. The average molecular weight is 508 g/mol. The van der Waals surface area contributed by atoms with Crippen LogP contribution in [0, 0.1) is 0 Å². The second-order valence-corrected chi connectivity index (χ2v) is 6.62. The highest BCUT2D eigenvalue weighted by molar-refractivity contribution is 5.91. The van der Waals surface area contributed by atoms with Gasteiger partial charge in [0.2, 0.25) is 5.91 Å². The Kier molecular flexibility index (Phi) is 8.54. The molecule has 0 saturated carbocycles. The molecule has 1 atom stereocenters. The Balaban J connectivity index is 0.00000432. The molecule has 3 rings (SSSR count). The molecule has 0 saturated heterocycles. The third-order valence-electron chi connectivity index (χ3n) is 4.13. The van der Waals surface area contributed by atoms with E-state index in [0.29, 0.717) is 0 Å². The number of carbonyl (C=O) groups is 4. The molecule has 3 aromatic heterocycles. The monoisotopic (exact) mass is 507 g/mol. The second-order valence-electron chi connectivity index (χ2n) is 6.62. The standard InChI is InChI=1S/C18H17N9O7.ClH/c19-17(20)26-18-21-5-8(6-22-18)16(33)34-11-2-1-9(27-14(11)23-7-24-27)3-12(28)25-10(15(31)32)4-13(29)30;/h1-2,5-7,10H,3-4H2,(H,25,28)(H,29,30)(H,31,32)(H4,19,20,21,22,26);1H. The zero-order chi connectivity index (χ0) is 24.8. The van der Waals surface area contributed by atoms with Gasteiger partial charge in [-0.2, -0.15) is 10.1 Å². The molecule has 0 aliphatic rings. The maximum atomic E-state index is 12.4. The molecule has 1 amide bonds. The molecule has 3 heterocycles. The number of guanidine groups is 1. The van der Waals surface area contributed by atoms with Crippen LogP contribution in [0.5, 0.6) is 5.75 Å². The summed E-state index contributed by atoms with van der Waals surface area (Å²) in [6.45, 7) is 0. The van der Waals surface area contributed by atoms with Gasteiger partial charge < -0.3 is 31.7 Å². The van der Waals surface area contributed by atoms with Crippen molar-refractivity contribution in [3.05, 3.63) is 42.1 Å². The Bertz CT molecular complexity index is 1290. The van der Waals surface area contributed by atoms with Gasteiger partial charge in [0.05, 0.1) is 24.1 Å². The highest BCUT2D eigenvalue weighted by Crippen LogP contribution is 2.21. The SMILES string of the molecule is Cl.NC(N)=Nc1ncc(C(=O)Oc2ccc(CC(=O)NC(CC(=O)O)C(=O)O)n3ncnc23)cn1. The number of rotatable bonds is 9. The fourth-order valence-corrected chi connectivity index (χ4v) is 2.69. The van der Waals surface area contributed by atoms with Crippen molar-refractivity contribution in [3.63, 3.8) is 0 Å². The Morgan fingerprint density at radius 2 is 1.80 bits per heavy atom. The van der Waals surface area contributed by atoms with Gasteiger partial charge in [0.25, 0.3) is 5.95 Å². The van der Waals surface area contributed by atoms with Crippen LogP contribution in [0.2, 0.25) is 0 Å². The molecule has 0 radical (unpaired) electrons. The van der Waals surface area contributed by atoms with Gasteiger partial charge in [0.15, 0.2) is 17.4 Å². The molecule has 0 bridgehead atoms. The van der Waals surface area contributed by atoms with Gasteiger partial charge in [-0.05, 0) is 12.1 Å². The van der Waals surface area contributed by atoms with Crippen LogP contribution in [0.3, 0.4) is 0 Å². The summed E-state index contributed by atoms with van der Waals surface area (Å²) >= 11 is 0. The first-order valence-electron chi connectivity index (χ1n) is 9.33. The van der Waals surface area contributed by atoms with E-state index in [1.165, 1.54) is 16.6 Å². The van der Waals surface area contributed by atoms with Crippen molar-refractivity contribution in [1.29, 1.82) is 0 Å². The minimum absolute atomic E-state index is 0. The third kappa shape index (κ3) is 6.81. The maximum absolute atomic E-state index is 12.4. The number of aliphatic imine (C=N–C) groups is 1. The van der Waals surface area contributed by atoms with Crippen LogP contribution in [-0.4, -0.2) is 70.6 Å². The number of halogens is 1. The van der Waals surface area contributed by atoms with Crippen molar-refractivity contribution in [2.75, 3.05) is 0 Å². The van der Waals surface area contributed by atoms with Crippen LogP contribution in [0.1, 0.15) is 22.5 Å². The number of aromatic nitrogens is 5. The number of carboxylic acids is 2. The highest BCUT2D eigenvalue weighted by Gasteiger charge is 2.24. The van der Waals surface area contributed by atoms with E-state index in [4.69, 9.17) is 26.4 Å². The van der Waals surface area contributed by atoms with Gasteiger partial charge in [-0.25, -0.2) is 29.1 Å². The number of amides is 1. The lowest BCUT2D eigenvalue weighted by Crippen LogP contribution is -2.43. The summed E-state index contributed by atoms with van der Waals surface area (Å²) in [5.41, 5.74) is 10.8. The van der Waals surface area contributed by atoms with Crippen molar-refractivity contribution in [1.82, 2.24) is 29.9 Å². The number of hydrogen-bond donors (Lipinski definition) is 5. The van der Waals surface area contributed by atoms with Crippen LogP contribution in [0.4, 0.5) is 5.95 Å². The number of fused-ring (bicyclic) bond motifs is 1. The first kappa shape index (κ1) is 26.4. The van der Waals surface area contributed by atoms with Crippen LogP contribution in [-0.2, 0) is 20.8 Å². The summed E-state index contributed by atoms with van der Waals surface area (Å²) in [4.78, 5) is 61.9. The second kappa shape index (κ2) is 11.3. The van der Waals surface area contributed by atoms with Crippen LogP contribution in [0.15, 0.2) is 35.8 Å². The van der Waals surface area contributed by atoms with E-state index in [1.54, 1.807) is 0 Å². The summed E-state index contributed by atoms with van der Waals surface area (Å²) in [7, 11) is 0. The van der Waals surface area contributed by atoms with Crippen molar-refractivity contribution in [2.45, 2.75) is 18.9 Å². The van der Waals surface area contributed by atoms with Gasteiger partial charge in [0, 0.05) is 12.4 Å². The molecule has 3 aromatic rings. The minimum atomic E-state index is -1.60. The molecular weight excluding hydrogens is 490 g/mol. The van der Waals surface area contributed by atoms with Crippen molar-refractivity contribution in [3.8, 4) is 5.75 Å². The Morgan fingerprint density at radius 3 is 2.40 bits per heavy atom. The summed E-state index contributed by atoms with van der Waals surface area (Å²) in [6.07, 6.45) is 2.34. The zero-order valence-electron chi connectivity index (χ0n) is 17.6. The first-order valence-corrected chi connectivity index (χ1v) is 9.33. The van der Waals surface area contributed by atoms with Crippen molar-refractivity contribution >= 4 is 53.8 Å². The van der Waals surface area contributed by atoms with E-state index in [2.05, 4.69) is 30.4 Å².